The number of furan rings is 1. The standard InChI is InChI=1S/C17H16N2O5/c20-6-8-24-13-4-1-3-12(9-13)18-15-10-16(21)19(17(15)22)11-14-5-2-7-23-14/h1-5,7,9-10,18,20H,6,8,11H2. The lowest BCUT2D eigenvalue weighted by molar-refractivity contribution is -0.138. The molecule has 0 saturated heterocycles. The van der Waals surface area contributed by atoms with Crippen molar-refractivity contribution in [2.75, 3.05) is 18.5 Å². The first kappa shape index (κ1) is 15.8. The average Bonchev–Trinajstić information content (AvgIpc) is 3.18. The molecule has 0 radical (unpaired) electrons. The smallest absolute Gasteiger partial charge is 0.277 e. The number of amides is 2. The maximum atomic E-state index is 12.4. The minimum Gasteiger partial charge on any atom is -0.491 e. The first-order chi connectivity index (χ1) is 11.7. The first-order valence-corrected chi connectivity index (χ1v) is 7.38. The third-order valence-corrected chi connectivity index (χ3v) is 3.38. The van der Waals surface area contributed by atoms with Crippen molar-refractivity contribution in [3.05, 3.63) is 60.2 Å². The number of hydrogen-bond acceptors (Lipinski definition) is 6. The highest BCUT2D eigenvalue weighted by Crippen LogP contribution is 2.22. The fourth-order valence-electron chi connectivity index (χ4n) is 2.29. The highest BCUT2D eigenvalue weighted by molar-refractivity contribution is 6.17. The lowest BCUT2D eigenvalue weighted by Crippen LogP contribution is -2.31. The molecule has 0 unspecified atom stereocenters. The fraction of sp³-hybridized carbons (Fsp3) is 0.176. The molecule has 0 bridgehead atoms. The van der Waals surface area contributed by atoms with Gasteiger partial charge in [-0.15, -0.1) is 0 Å². The summed E-state index contributed by atoms with van der Waals surface area (Å²) in [6.45, 7) is 0.185. The van der Waals surface area contributed by atoms with Crippen LogP contribution in [0.2, 0.25) is 0 Å². The molecule has 2 N–H and O–H groups in total. The fourth-order valence-corrected chi connectivity index (χ4v) is 2.29. The third-order valence-electron chi connectivity index (χ3n) is 3.38. The second kappa shape index (κ2) is 7.01. The average molecular weight is 328 g/mol. The van der Waals surface area contributed by atoms with Crippen molar-refractivity contribution in [2.24, 2.45) is 0 Å². The van der Waals surface area contributed by atoms with Crippen LogP contribution in [0.4, 0.5) is 5.69 Å². The van der Waals surface area contributed by atoms with Gasteiger partial charge in [0.25, 0.3) is 11.8 Å². The van der Waals surface area contributed by atoms with Gasteiger partial charge in [-0.1, -0.05) is 6.07 Å². The molecule has 0 fully saturated rings. The maximum absolute atomic E-state index is 12.4. The summed E-state index contributed by atoms with van der Waals surface area (Å²) in [6, 6.07) is 10.3. The zero-order valence-electron chi connectivity index (χ0n) is 12.8. The SMILES string of the molecule is O=C1C=C(Nc2cccc(OCCO)c2)C(=O)N1Cc1ccco1. The van der Waals surface area contributed by atoms with E-state index in [1.54, 1.807) is 36.4 Å². The molecule has 124 valence electrons. The predicted molar refractivity (Wildman–Crippen MR) is 85.0 cm³/mol. The van der Waals surface area contributed by atoms with Gasteiger partial charge in [-0.25, -0.2) is 0 Å². The zero-order valence-corrected chi connectivity index (χ0v) is 12.8. The number of imide groups is 1. The number of hydrogen-bond donors (Lipinski definition) is 2. The number of aliphatic hydroxyl groups excluding tert-OH is 1. The van der Waals surface area contributed by atoms with E-state index < -0.39 is 11.8 Å². The van der Waals surface area contributed by atoms with Crippen molar-refractivity contribution in [2.45, 2.75) is 6.54 Å². The van der Waals surface area contributed by atoms with Gasteiger partial charge >= 0.3 is 0 Å². The Balaban J connectivity index is 1.68. The Bertz CT molecular complexity index is 767. The molecule has 2 heterocycles. The summed E-state index contributed by atoms with van der Waals surface area (Å²) in [6.07, 6.45) is 2.75. The van der Waals surface area contributed by atoms with Crippen LogP contribution in [-0.4, -0.2) is 35.0 Å². The molecule has 7 nitrogen and oxygen atoms in total. The summed E-state index contributed by atoms with van der Waals surface area (Å²) >= 11 is 0. The van der Waals surface area contributed by atoms with Gasteiger partial charge in [0.1, 0.15) is 23.8 Å². The van der Waals surface area contributed by atoms with E-state index in [2.05, 4.69) is 5.32 Å². The van der Waals surface area contributed by atoms with E-state index in [9.17, 15) is 9.59 Å². The van der Waals surface area contributed by atoms with Crippen molar-refractivity contribution < 1.29 is 23.8 Å². The van der Waals surface area contributed by atoms with E-state index in [4.69, 9.17) is 14.3 Å². The molecule has 1 aliphatic rings. The summed E-state index contributed by atoms with van der Waals surface area (Å²) in [7, 11) is 0. The number of rotatable bonds is 7. The van der Waals surface area contributed by atoms with Gasteiger partial charge in [0.05, 0.1) is 19.4 Å². The highest BCUT2D eigenvalue weighted by Gasteiger charge is 2.31. The van der Waals surface area contributed by atoms with Crippen molar-refractivity contribution in [1.29, 1.82) is 0 Å². The second-order valence-electron chi connectivity index (χ2n) is 5.09. The number of aliphatic hydroxyl groups is 1. The zero-order chi connectivity index (χ0) is 16.9. The van der Waals surface area contributed by atoms with E-state index in [0.717, 1.165) is 4.90 Å². The molecule has 7 heteroatoms. The first-order valence-electron chi connectivity index (χ1n) is 7.38. The Hall–Kier alpha value is -3.06. The Kier molecular flexibility index (Phi) is 4.62. The summed E-state index contributed by atoms with van der Waals surface area (Å²) in [5.74, 6) is 0.272. The molecular weight excluding hydrogens is 312 g/mol. The number of carbonyl (C=O) groups excluding carboxylic acids is 2. The van der Waals surface area contributed by atoms with Crippen LogP contribution in [0.5, 0.6) is 5.75 Å². The quantitative estimate of drug-likeness (QED) is 0.749. The van der Waals surface area contributed by atoms with Crippen LogP contribution in [0.1, 0.15) is 5.76 Å². The molecule has 0 aliphatic carbocycles. The van der Waals surface area contributed by atoms with Gasteiger partial charge in [0.2, 0.25) is 0 Å². The van der Waals surface area contributed by atoms with Gasteiger partial charge in [-0.05, 0) is 24.3 Å². The molecule has 0 saturated carbocycles. The molecule has 3 rings (SSSR count). The lowest BCUT2D eigenvalue weighted by Gasteiger charge is -2.14. The van der Waals surface area contributed by atoms with Crippen LogP contribution >= 0.6 is 0 Å². The second-order valence-corrected chi connectivity index (χ2v) is 5.09. The summed E-state index contributed by atoms with van der Waals surface area (Å²) in [5.41, 5.74) is 0.795. The summed E-state index contributed by atoms with van der Waals surface area (Å²) in [4.78, 5) is 25.5. The minimum atomic E-state index is -0.418. The van der Waals surface area contributed by atoms with Crippen LogP contribution in [0.25, 0.3) is 0 Å². The van der Waals surface area contributed by atoms with Gasteiger partial charge in [0.15, 0.2) is 0 Å². The number of nitrogens with one attached hydrogen (secondary N) is 1. The van der Waals surface area contributed by atoms with E-state index in [1.807, 2.05) is 0 Å². The summed E-state index contributed by atoms with van der Waals surface area (Å²) in [5, 5.41) is 11.7. The third kappa shape index (κ3) is 3.47. The highest BCUT2D eigenvalue weighted by atomic mass is 16.5. The molecule has 2 amide bonds. The van der Waals surface area contributed by atoms with E-state index in [1.165, 1.54) is 12.3 Å². The van der Waals surface area contributed by atoms with Gasteiger partial charge < -0.3 is 19.6 Å². The van der Waals surface area contributed by atoms with E-state index in [0.29, 0.717) is 17.2 Å². The normalized spacial score (nSPS) is 14.0. The maximum Gasteiger partial charge on any atom is 0.277 e. The Labute approximate surface area is 138 Å². The Morgan fingerprint density at radius 1 is 1.21 bits per heavy atom. The van der Waals surface area contributed by atoms with Gasteiger partial charge in [-0.3, -0.25) is 14.5 Å². The summed E-state index contributed by atoms with van der Waals surface area (Å²) < 4.78 is 10.5. The predicted octanol–water partition coefficient (Wildman–Crippen LogP) is 1.52. The molecule has 1 aromatic heterocycles. The van der Waals surface area contributed by atoms with Crippen LogP contribution in [-0.2, 0) is 16.1 Å². The number of nitrogens with zero attached hydrogens (tertiary/aromatic N) is 1. The molecule has 2 aromatic rings. The van der Waals surface area contributed by atoms with Crippen molar-refractivity contribution >= 4 is 17.5 Å². The van der Waals surface area contributed by atoms with Crippen molar-refractivity contribution in [3.63, 3.8) is 0 Å². The van der Waals surface area contributed by atoms with Gasteiger partial charge in [-0.2, -0.15) is 0 Å². The van der Waals surface area contributed by atoms with E-state index in [-0.39, 0.29) is 25.5 Å². The number of ether oxygens (including phenoxy) is 1. The van der Waals surface area contributed by atoms with Crippen LogP contribution in [0.3, 0.4) is 0 Å². The number of anilines is 1. The minimum absolute atomic E-state index is 0.0858. The van der Waals surface area contributed by atoms with E-state index >= 15 is 0 Å². The number of benzene rings is 1. The van der Waals surface area contributed by atoms with Crippen molar-refractivity contribution in [3.8, 4) is 5.75 Å². The van der Waals surface area contributed by atoms with Crippen molar-refractivity contribution in [1.82, 2.24) is 4.90 Å². The van der Waals surface area contributed by atoms with Crippen LogP contribution < -0.4 is 10.1 Å². The Morgan fingerprint density at radius 2 is 2.08 bits per heavy atom. The molecular formula is C17H16N2O5. The number of carbonyl (C=O) groups is 2. The Morgan fingerprint density at radius 3 is 2.83 bits per heavy atom. The molecule has 0 spiro atoms. The molecule has 24 heavy (non-hydrogen) atoms. The molecule has 1 aromatic carbocycles. The monoisotopic (exact) mass is 328 g/mol. The molecule has 0 atom stereocenters. The molecule has 1 aliphatic heterocycles. The topological polar surface area (TPSA) is 92.0 Å². The lowest BCUT2D eigenvalue weighted by atomic mass is 10.3. The largest absolute Gasteiger partial charge is 0.491 e. The van der Waals surface area contributed by atoms with Gasteiger partial charge in [0, 0.05) is 17.8 Å². The van der Waals surface area contributed by atoms with Crippen LogP contribution in [0.15, 0.2) is 58.9 Å². The van der Waals surface area contributed by atoms with Crippen LogP contribution in [0, 0.1) is 0 Å².